The number of fused-ring (bicyclic) bond motifs is 1. The second-order valence-electron chi connectivity index (χ2n) is 8.36. The predicted molar refractivity (Wildman–Crippen MR) is 134 cm³/mol. The molecule has 8 heteroatoms. The molecule has 1 fully saturated rings. The van der Waals surface area contributed by atoms with E-state index in [0.29, 0.717) is 41.5 Å². The molecule has 34 heavy (non-hydrogen) atoms. The van der Waals surface area contributed by atoms with Gasteiger partial charge in [0, 0.05) is 39.6 Å². The van der Waals surface area contributed by atoms with Crippen LogP contribution in [0.15, 0.2) is 82.3 Å². The number of sulfone groups is 1. The Balaban J connectivity index is 1.28. The van der Waals surface area contributed by atoms with Crippen molar-refractivity contribution in [3.63, 3.8) is 0 Å². The van der Waals surface area contributed by atoms with E-state index in [1.165, 1.54) is 0 Å². The van der Waals surface area contributed by atoms with Gasteiger partial charge >= 0.3 is 0 Å². The number of hydrogen-bond donors (Lipinski definition) is 0. The highest BCUT2D eigenvalue weighted by Gasteiger charge is 2.33. The van der Waals surface area contributed by atoms with Crippen LogP contribution in [0.4, 0.5) is 0 Å². The molecule has 1 amide bonds. The average Bonchev–Trinajstić information content (AvgIpc) is 3.32. The molecule has 174 valence electrons. The first-order chi connectivity index (χ1) is 16.3. The number of carbonyl (C=O) groups is 1. The van der Waals surface area contributed by atoms with Crippen LogP contribution < -0.4 is 0 Å². The van der Waals surface area contributed by atoms with Crippen LogP contribution in [-0.4, -0.2) is 37.6 Å². The number of carbonyl (C=O) groups excluding carboxylic acids is 1. The molecule has 0 unspecified atom stereocenters. The maximum atomic E-state index is 13.3. The van der Waals surface area contributed by atoms with Gasteiger partial charge in [-0.05, 0) is 66.9 Å². The highest BCUT2D eigenvalue weighted by atomic mass is 35.5. The Kier molecular flexibility index (Phi) is 6.15. The molecule has 2 heterocycles. The third kappa shape index (κ3) is 4.33. The molecule has 0 spiro atoms. The number of nitrogens with zero attached hydrogens (tertiary/aromatic N) is 1. The van der Waals surface area contributed by atoms with Gasteiger partial charge in [-0.25, -0.2) is 8.42 Å². The Labute approximate surface area is 207 Å². The van der Waals surface area contributed by atoms with E-state index in [1.54, 1.807) is 65.8 Å². The summed E-state index contributed by atoms with van der Waals surface area (Å²) in [6.45, 7) is 0.787. The number of benzene rings is 3. The molecule has 5 rings (SSSR count). The number of piperidine rings is 1. The van der Waals surface area contributed by atoms with Gasteiger partial charge in [-0.15, -0.1) is 0 Å². The Morgan fingerprint density at radius 1 is 0.912 bits per heavy atom. The summed E-state index contributed by atoms with van der Waals surface area (Å²) in [7, 11) is -3.52. The molecular formula is C26H21Cl2NO4S. The number of hydrogen-bond acceptors (Lipinski definition) is 4. The van der Waals surface area contributed by atoms with Crippen LogP contribution in [0.3, 0.4) is 0 Å². The second kappa shape index (κ2) is 9.10. The van der Waals surface area contributed by atoms with Gasteiger partial charge in [0.2, 0.25) is 0 Å². The van der Waals surface area contributed by atoms with Gasteiger partial charge < -0.3 is 9.32 Å². The molecule has 1 aliphatic heterocycles. The fourth-order valence-corrected chi connectivity index (χ4v) is 6.64. The second-order valence-corrected chi connectivity index (χ2v) is 11.4. The number of halogens is 2. The average molecular weight is 514 g/mol. The normalized spacial score (nSPS) is 15.1. The number of likely N-dealkylation sites (tertiary alicyclic amines) is 1. The minimum absolute atomic E-state index is 0.0943. The van der Waals surface area contributed by atoms with E-state index in [1.807, 2.05) is 12.1 Å². The van der Waals surface area contributed by atoms with Gasteiger partial charge in [0.15, 0.2) is 9.84 Å². The van der Waals surface area contributed by atoms with E-state index in [2.05, 4.69) is 0 Å². The summed E-state index contributed by atoms with van der Waals surface area (Å²) >= 11 is 12.2. The number of amides is 1. The highest BCUT2D eigenvalue weighted by molar-refractivity contribution is 7.92. The summed E-state index contributed by atoms with van der Waals surface area (Å²) in [6, 6.07) is 19.1. The molecule has 5 nitrogen and oxygen atoms in total. The lowest BCUT2D eigenvalue weighted by molar-refractivity contribution is 0.0726. The standard InChI is InChI=1S/C26H21Cl2NO4S/c27-20-4-7-23(24(28)16-20)17-1-5-21(6-2-17)34(31,32)22-9-12-29(13-10-22)26(30)19-3-8-25-18(15-19)11-14-33-25/h1-8,11,14-16,22H,9-10,12-13H2. The van der Waals surface area contributed by atoms with Crippen molar-refractivity contribution in [3.8, 4) is 11.1 Å². The zero-order valence-corrected chi connectivity index (χ0v) is 20.4. The molecule has 0 aliphatic carbocycles. The van der Waals surface area contributed by atoms with E-state index < -0.39 is 15.1 Å². The topological polar surface area (TPSA) is 67.6 Å². The summed E-state index contributed by atoms with van der Waals surface area (Å²) in [6.07, 6.45) is 2.38. The zero-order chi connectivity index (χ0) is 23.9. The van der Waals surface area contributed by atoms with Crippen molar-refractivity contribution in [2.24, 2.45) is 0 Å². The molecule has 0 atom stereocenters. The van der Waals surface area contributed by atoms with E-state index in [0.717, 1.165) is 22.1 Å². The van der Waals surface area contributed by atoms with Crippen LogP contribution in [0.2, 0.25) is 10.0 Å². The van der Waals surface area contributed by atoms with Crippen molar-refractivity contribution in [3.05, 3.63) is 88.6 Å². The molecule has 0 radical (unpaired) electrons. The third-order valence-electron chi connectivity index (χ3n) is 6.29. The Bertz CT molecular complexity index is 1470. The van der Waals surface area contributed by atoms with Crippen LogP contribution >= 0.6 is 23.2 Å². The first-order valence-corrected chi connectivity index (χ1v) is 13.2. The fraction of sp³-hybridized carbons (Fsp3) is 0.192. The van der Waals surface area contributed by atoms with Crippen molar-refractivity contribution in [2.45, 2.75) is 23.0 Å². The molecular weight excluding hydrogens is 493 g/mol. The van der Waals surface area contributed by atoms with E-state index in [4.69, 9.17) is 27.6 Å². The Hall–Kier alpha value is -2.80. The minimum atomic E-state index is -3.52. The van der Waals surface area contributed by atoms with Crippen LogP contribution in [0.5, 0.6) is 0 Å². The predicted octanol–water partition coefficient (Wildman–Crippen LogP) is 6.49. The van der Waals surface area contributed by atoms with Gasteiger partial charge in [0.05, 0.1) is 16.4 Å². The maximum Gasteiger partial charge on any atom is 0.253 e. The molecule has 0 bridgehead atoms. The van der Waals surface area contributed by atoms with E-state index in [-0.39, 0.29) is 10.8 Å². The molecule has 1 aromatic heterocycles. The minimum Gasteiger partial charge on any atom is -0.464 e. The van der Waals surface area contributed by atoms with E-state index >= 15 is 0 Å². The van der Waals surface area contributed by atoms with Crippen molar-refractivity contribution in [2.75, 3.05) is 13.1 Å². The van der Waals surface area contributed by atoms with Gasteiger partial charge in [-0.3, -0.25) is 4.79 Å². The van der Waals surface area contributed by atoms with Crippen LogP contribution in [0.25, 0.3) is 22.1 Å². The van der Waals surface area contributed by atoms with Crippen molar-refractivity contribution in [1.82, 2.24) is 4.90 Å². The van der Waals surface area contributed by atoms with Gasteiger partial charge in [-0.2, -0.15) is 0 Å². The van der Waals surface area contributed by atoms with Crippen LogP contribution in [-0.2, 0) is 9.84 Å². The van der Waals surface area contributed by atoms with Gasteiger partial charge in [0.25, 0.3) is 5.91 Å². The quantitative estimate of drug-likeness (QED) is 0.313. The molecule has 0 saturated carbocycles. The Morgan fingerprint density at radius 2 is 1.65 bits per heavy atom. The van der Waals surface area contributed by atoms with Crippen molar-refractivity contribution in [1.29, 1.82) is 0 Å². The molecule has 3 aromatic carbocycles. The highest BCUT2D eigenvalue weighted by Crippen LogP contribution is 2.32. The molecule has 0 N–H and O–H groups in total. The van der Waals surface area contributed by atoms with E-state index in [9.17, 15) is 13.2 Å². The van der Waals surface area contributed by atoms with Crippen LogP contribution in [0, 0.1) is 0 Å². The lowest BCUT2D eigenvalue weighted by Crippen LogP contribution is -2.42. The molecule has 4 aromatic rings. The third-order valence-corrected chi connectivity index (χ3v) is 9.12. The summed E-state index contributed by atoms with van der Waals surface area (Å²) in [5, 5.41) is 1.39. The van der Waals surface area contributed by atoms with Gasteiger partial charge in [-0.1, -0.05) is 41.4 Å². The van der Waals surface area contributed by atoms with Crippen LogP contribution in [0.1, 0.15) is 23.2 Å². The summed E-state index contributed by atoms with van der Waals surface area (Å²) in [4.78, 5) is 14.9. The zero-order valence-electron chi connectivity index (χ0n) is 18.1. The van der Waals surface area contributed by atoms with Crippen molar-refractivity contribution < 1.29 is 17.6 Å². The summed E-state index contributed by atoms with van der Waals surface area (Å²) < 4.78 is 31.8. The first-order valence-electron chi connectivity index (χ1n) is 10.9. The van der Waals surface area contributed by atoms with Gasteiger partial charge in [0.1, 0.15) is 5.58 Å². The summed E-state index contributed by atoms with van der Waals surface area (Å²) in [5.74, 6) is -0.0943. The first kappa shape index (κ1) is 23.0. The lowest BCUT2D eigenvalue weighted by atomic mass is 10.1. The largest absolute Gasteiger partial charge is 0.464 e. The number of furan rings is 1. The van der Waals surface area contributed by atoms with Crippen molar-refractivity contribution >= 4 is 49.9 Å². The fourth-order valence-electron chi connectivity index (χ4n) is 4.39. The maximum absolute atomic E-state index is 13.3. The lowest BCUT2D eigenvalue weighted by Gasteiger charge is -2.32. The Morgan fingerprint density at radius 3 is 2.35 bits per heavy atom. The summed E-state index contributed by atoms with van der Waals surface area (Å²) in [5.41, 5.74) is 2.91. The SMILES string of the molecule is O=C(c1ccc2occc2c1)N1CCC(S(=O)(=O)c2ccc(-c3ccc(Cl)cc3Cl)cc2)CC1. The number of rotatable bonds is 4. The monoisotopic (exact) mass is 513 g/mol. The molecule has 1 saturated heterocycles. The molecule has 1 aliphatic rings. The smallest absolute Gasteiger partial charge is 0.253 e.